The van der Waals surface area contributed by atoms with Crippen LogP contribution in [0.3, 0.4) is 0 Å². The molecule has 0 radical (unpaired) electrons. The summed E-state index contributed by atoms with van der Waals surface area (Å²) in [5.41, 5.74) is 6.78. The van der Waals surface area contributed by atoms with Gasteiger partial charge in [0.15, 0.2) is 6.61 Å². The summed E-state index contributed by atoms with van der Waals surface area (Å²) in [6.45, 7) is 6.30. The number of likely N-dealkylation sites (tertiary alicyclic amines) is 1. The molecule has 0 spiro atoms. The quantitative estimate of drug-likeness (QED) is 0.848. The van der Waals surface area contributed by atoms with E-state index in [-0.39, 0.29) is 12.5 Å². The van der Waals surface area contributed by atoms with Crippen LogP contribution in [0.2, 0.25) is 0 Å². The number of piperidine rings is 1. The monoisotopic (exact) mass is 290 g/mol. The summed E-state index contributed by atoms with van der Waals surface area (Å²) < 4.78 is 5.54. The van der Waals surface area contributed by atoms with E-state index in [1.54, 1.807) is 12.1 Å². The van der Waals surface area contributed by atoms with E-state index in [9.17, 15) is 4.79 Å². The molecule has 1 fully saturated rings. The van der Waals surface area contributed by atoms with Gasteiger partial charge in [-0.2, -0.15) is 0 Å². The first-order valence-electron chi connectivity index (χ1n) is 7.85. The first-order chi connectivity index (χ1) is 10.1. The van der Waals surface area contributed by atoms with Crippen molar-refractivity contribution in [1.82, 2.24) is 4.90 Å². The van der Waals surface area contributed by atoms with Crippen molar-refractivity contribution in [2.24, 2.45) is 5.41 Å². The third kappa shape index (κ3) is 3.90. The third-order valence-electron chi connectivity index (χ3n) is 4.90. The van der Waals surface area contributed by atoms with E-state index in [2.05, 4.69) is 13.8 Å². The van der Waals surface area contributed by atoms with E-state index in [4.69, 9.17) is 10.5 Å². The molecule has 0 aromatic heterocycles. The molecule has 0 atom stereocenters. The highest BCUT2D eigenvalue weighted by atomic mass is 16.5. The lowest BCUT2D eigenvalue weighted by atomic mass is 9.74. The van der Waals surface area contributed by atoms with Crippen molar-refractivity contribution in [3.05, 3.63) is 24.3 Å². The minimum atomic E-state index is 0.0678. The van der Waals surface area contributed by atoms with Crippen molar-refractivity contribution in [1.29, 1.82) is 0 Å². The summed E-state index contributed by atoms with van der Waals surface area (Å²) in [6.07, 6.45) is 4.60. The van der Waals surface area contributed by atoms with Crippen LogP contribution in [0.15, 0.2) is 24.3 Å². The van der Waals surface area contributed by atoms with E-state index in [0.29, 0.717) is 16.9 Å². The summed E-state index contributed by atoms with van der Waals surface area (Å²) in [6, 6.07) is 7.18. The van der Waals surface area contributed by atoms with Gasteiger partial charge in [0, 0.05) is 24.8 Å². The van der Waals surface area contributed by atoms with Crippen LogP contribution < -0.4 is 10.5 Å². The van der Waals surface area contributed by atoms with Crippen molar-refractivity contribution >= 4 is 11.6 Å². The van der Waals surface area contributed by atoms with Gasteiger partial charge in [-0.1, -0.05) is 32.8 Å². The number of anilines is 1. The maximum absolute atomic E-state index is 12.2. The van der Waals surface area contributed by atoms with Gasteiger partial charge in [-0.15, -0.1) is 0 Å². The van der Waals surface area contributed by atoms with Crippen molar-refractivity contribution in [2.45, 2.75) is 39.5 Å². The van der Waals surface area contributed by atoms with Crippen molar-refractivity contribution in [3.63, 3.8) is 0 Å². The number of nitrogen functional groups attached to an aromatic ring is 1. The van der Waals surface area contributed by atoms with Crippen LogP contribution in [0.1, 0.15) is 39.5 Å². The normalized spacial score (nSPS) is 17.5. The number of nitrogens with two attached hydrogens (primary N) is 1. The highest BCUT2D eigenvalue weighted by molar-refractivity contribution is 5.77. The average Bonchev–Trinajstić information content (AvgIpc) is 2.53. The molecular formula is C17H26N2O2. The van der Waals surface area contributed by atoms with E-state index in [1.807, 2.05) is 17.0 Å². The van der Waals surface area contributed by atoms with Gasteiger partial charge >= 0.3 is 0 Å². The molecular weight excluding hydrogens is 264 g/mol. The Balaban J connectivity index is 1.82. The Morgan fingerprint density at radius 3 is 2.52 bits per heavy atom. The fraction of sp³-hybridized carbons (Fsp3) is 0.588. The molecule has 2 rings (SSSR count). The number of benzene rings is 1. The first-order valence-corrected chi connectivity index (χ1v) is 7.85. The average molecular weight is 290 g/mol. The van der Waals surface area contributed by atoms with E-state index >= 15 is 0 Å². The van der Waals surface area contributed by atoms with Crippen LogP contribution in [0.5, 0.6) is 5.75 Å². The molecule has 2 N–H and O–H groups in total. The van der Waals surface area contributed by atoms with Gasteiger partial charge in [0.25, 0.3) is 5.91 Å². The minimum Gasteiger partial charge on any atom is -0.484 e. The van der Waals surface area contributed by atoms with Crippen molar-refractivity contribution in [2.75, 3.05) is 25.4 Å². The number of carbonyl (C=O) groups is 1. The standard InChI is InChI=1S/C17H26N2O2/c1-3-17(4-2)8-10-19(11-9-17)16(20)13-21-15-7-5-6-14(18)12-15/h5-7,12H,3-4,8-11,13,18H2,1-2H3. The van der Waals surface area contributed by atoms with Gasteiger partial charge in [-0.3, -0.25) is 4.79 Å². The highest BCUT2D eigenvalue weighted by Gasteiger charge is 2.32. The zero-order valence-corrected chi connectivity index (χ0v) is 13.1. The van der Waals surface area contributed by atoms with Crippen LogP contribution in [-0.2, 0) is 4.79 Å². The Labute approximate surface area is 127 Å². The lowest BCUT2D eigenvalue weighted by molar-refractivity contribution is -0.135. The first kappa shape index (κ1) is 15.7. The number of ether oxygens (including phenoxy) is 1. The minimum absolute atomic E-state index is 0.0678. The summed E-state index contributed by atoms with van der Waals surface area (Å²) in [4.78, 5) is 14.1. The Hall–Kier alpha value is -1.71. The topological polar surface area (TPSA) is 55.6 Å². The van der Waals surface area contributed by atoms with Gasteiger partial charge in [0.2, 0.25) is 0 Å². The molecule has 4 nitrogen and oxygen atoms in total. The molecule has 1 aromatic carbocycles. The summed E-state index contributed by atoms with van der Waals surface area (Å²) in [5.74, 6) is 0.718. The second-order valence-electron chi connectivity index (χ2n) is 5.95. The number of amides is 1. The van der Waals surface area contributed by atoms with Gasteiger partial charge in [0.1, 0.15) is 5.75 Å². The molecule has 1 amide bonds. The Morgan fingerprint density at radius 2 is 1.95 bits per heavy atom. The molecule has 0 aliphatic carbocycles. The van der Waals surface area contributed by atoms with Crippen LogP contribution in [-0.4, -0.2) is 30.5 Å². The summed E-state index contributed by atoms with van der Waals surface area (Å²) in [5, 5.41) is 0. The van der Waals surface area contributed by atoms with Crippen molar-refractivity contribution in [3.8, 4) is 5.75 Å². The van der Waals surface area contributed by atoms with Crippen molar-refractivity contribution < 1.29 is 9.53 Å². The predicted octanol–water partition coefficient (Wildman–Crippen LogP) is 3.08. The SMILES string of the molecule is CCC1(CC)CCN(C(=O)COc2cccc(N)c2)CC1. The molecule has 1 aliphatic heterocycles. The molecule has 4 heteroatoms. The lowest BCUT2D eigenvalue weighted by Crippen LogP contribution is -2.44. The number of hydrogen-bond acceptors (Lipinski definition) is 3. The maximum atomic E-state index is 12.2. The second-order valence-corrected chi connectivity index (χ2v) is 5.95. The van der Waals surface area contributed by atoms with E-state index in [1.165, 1.54) is 12.8 Å². The van der Waals surface area contributed by atoms with Crippen LogP contribution in [0.4, 0.5) is 5.69 Å². The molecule has 0 bridgehead atoms. The fourth-order valence-corrected chi connectivity index (χ4v) is 3.03. The van der Waals surface area contributed by atoms with Crippen LogP contribution in [0, 0.1) is 5.41 Å². The van der Waals surface area contributed by atoms with E-state index in [0.717, 1.165) is 25.9 Å². The highest BCUT2D eigenvalue weighted by Crippen LogP contribution is 2.37. The summed E-state index contributed by atoms with van der Waals surface area (Å²) in [7, 11) is 0. The second kappa shape index (κ2) is 6.83. The zero-order chi connectivity index (χ0) is 15.3. The molecule has 0 saturated carbocycles. The Morgan fingerprint density at radius 1 is 1.29 bits per heavy atom. The molecule has 21 heavy (non-hydrogen) atoms. The fourth-order valence-electron chi connectivity index (χ4n) is 3.03. The largest absolute Gasteiger partial charge is 0.484 e. The van der Waals surface area contributed by atoms with Crippen LogP contribution in [0.25, 0.3) is 0 Å². The Bertz CT molecular complexity index is 473. The molecule has 116 valence electrons. The molecule has 0 unspecified atom stereocenters. The van der Waals surface area contributed by atoms with Gasteiger partial charge < -0.3 is 15.4 Å². The zero-order valence-electron chi connectivity index (χ0n) is 13.1. The van der Waals surface area contributed by atoms with Gasteiger partial charge in [-0.25, -0.2) is 0 Å². The number of hydrogen-bond donors (Lipinski definition) is 1. The van der Waals surface area contributed by atoms with E-state index < -0.39 is 0 Å². The maximum Gasteiger partial charge on any atom is 0.260 e. The Kier molecular flexibility index (Phi) is 5.10. The van der Waals surface area contributed by atoms with Crippen LogP contribution >= 0.6 is 0 Å². The molecule has 1 saturated heterocycles. The summed E-state index contributed by atoms with van der Waals surface area (Å²) >= 11 is 0. The van der Waals surface area contributed by atoms with Gasteiger partial charge in [-0.05, 0) is 30.4 Å². The number of nitrogens with zero attached hydrogens (tertiary/aromatic N) is 1. The smallest absolute Gasteiger partial charge is 0.260 e. The third-order valence-corrected chi connectivity index (χ3v) is 4.90. The molecule has 1 heterocycles. The molecule has 1 aromatic rings. The predicted molar refractivity (Wildman–Crippen MR) is 85.2 cm³/mol. The lowest BCUT2D eigenvalue weighted by Gasteiger charge is -2.41. The number of rotatable bonds is 5. The van der Waals surface area contributed by atoms with Gasteiger partial charge in [0.05, 0.1) is 0 Å². The number of carbonyl (C=O) groups excluding carboxylic acids is 1. The molecule has 1 aliphatic rings.